The molecule has 3 rings (SSSR count). The lowest BCUT2D eigenvalue weighted by atomic mass is 10.2. The van der Waals surface area contributed by atoms with Gasteiger partial charge in [-0.25, -0.2) is 0 Å². The van der Waals surface area contributed by atoms with Crippen LogP contribution in [0.1, 0.15) is 6.29 Å². The highest BCUT2D eigenvalue weighted by Crippen LogP contribution is 2.34. The van der Waals surface area contributed by atoms with Crippen molar-refractivity contribution in [3.8, 4) is 0 Å². The molecule has 2 aromatic rings. The summed E-state index contributed by atoms with van der Waals surface area (Å²) >= 11 is 0. The van der Waals surface area contributed by atoms with Crippen LogP contribution in [0.2, 0.25) is 0 Å². The molecule has 1 aromatic carbocycles. The molecular weight excluding hydrogens is 204 g/mol. The van der Waals surface area contributed by atoms with E-state index in [0.29, 0.717) is 4.48 Å². The number of rotatable bonds is 1. The van der Waals surface area contributed by atoms with Crippen LogP contribution in [-0.4, -0.2) is 40.6 Å². The van der Waals surface area contributed by atoms with E-state index < -0.39 is 0 Å². The number of para-hydroxylation sites is 1. The standard InChI is InChI=1S/C10H13N6/c1-16(2,3)10-13-11-7-5-4-6-8-9(7)15(10)14-12-8/h4-6,10H,1-3H3/q+1. The SMILES string of the molecule is C[N+](C)(C)C1N=Nc2cccc3nnn1c23. The molecule has 1 aromatic heterocycles. The lowest BCUT2D eigenvalue weighted by molar-refractivity contribution is -0.912. The number of nitrogens with zero attached hydrogens (tertiary/aromatic N) is 6. The number of azo groups is 1. The van der Waals surface area contributed by atoms with Gasteiger partial charge in [0.05, 0.1) is 21.1 Å². The van der Waals surface area contributed by atoms with Gasteiger partial charge in [0.2, 0.25) is 0 Å². The van der Waals surface area contributed by atoms with E-state index in [1.165, 1.54) is 0 Å². The van der Waals surface area contributed by atoms with Crippen LogP contribution in [0, 0.1) is 0 Å². The predicted molar refractivity (Wildman–Crippen MR) is 59.1 cm³/mol. The largest absolute Gasteiger partial charge is 0.302 e. The topological polar surface area (TPSA) is 55.4 Å². The number of aromatic nitrogens is 3. The third kappa shape index (κ3) is 1.16. The van der Waals surface area contributed by atoms with Gasteiger partial charge in [0.15, 0.2) is 0 Å². The van der Waals surface area contributed by atoms with Crippen LogP contribution in [-0.2, 0) is 0 Å². The van der Waals surface area contributed by atoms with Crippen molar-refractivity contribution < 1.29 is 4.48 Å². The molecule has 6 nitrogen and oxygen atoms in total. The van der Waals surface area contributed by atoms with Crippen molar-refractivity contribution in [2.75, 3.05) is 21.1 Å². The van der Waals surface area contributed by atoms with Crippen molar-refractivity contribution in [2.24, 2.45) is 10.2 Å². The van der Waals surface area contributed by atoms with E-state index in [0.717, 1.165) is 16.7 Å². The summed E-state index contributed by atoms with van der Waals surface area (Å²) in [6.45, 7) is 0. The summed E-state index contributed by atoms with van der Waals surface area (Å²) in [5, 5.41) is 16.8. The second-order valence-corrected chi connectivity index (χ2v) is 4.86. The minimum absolute atomic E-state index is 0.139. The number of hydrogen-bond acceptors (Lipinski definition) is 4. The van der Waals surface area contributed by atoms with Gasteiger partial charge in [0.1, 0.15) is 16.7 Å². The number of hydrogen-bond donors (Lipinski definition) is 0. The highest BCUT2D eigenvalue weighted by Gasteiger charge is 2.31. The van der Waals surface area contributed by atoms with Crippen molar-refractivity contribution in [2.45, 2.75) is 6.29 Å². The van der Waals surface area contributed by atoms with Gasteiger partial charge in [0.25, 0.3) is 0 Å². The Balaban J connectivity index is 2.30. The van der Waals surface area contributed by atoms with Crippen LogP contribution in [0.5, 0.6) is 0 Å². The normalized spacial score (nSPS) is 19.3. The summed E-state index contributed by atoms with van der Waals surface area (Å²) in [7, 11) is 6.18. The Bertz CT molecular complexity index is 576. The summed E-state index contributed by atoms with van der Waals surface area (Å²) in [4.78, 5) is 0. The first-order chi connectivity index (χ1) is 7.57. The Labute approximate surface area is 92.8 Å². The highest BCUT2D eigenvalue weighted by molar-refractivity contribution is 5.86. The zero-order valence-corrected chi connectivity index (χ0v) is 9.49. The van der Waals surface area contributed by atoms with E-state index >= 15 is 0 Å². The third-order valence-electron chi connectivity index (χ3n) is 2.65. The molecule has 16 heavy (non-hydrogen) atoms. The molecule has 82 valence electrons. The first kappa shape index (κ1) is 9.41. The van der Waals surface area contributed by atoms with Crippen LogP contribution >= 0.6 is 0 Å². The molecule has 0 saturated heterocycles. The molecular formula is C10H13N6+. The summed E-state index contributed by atoms with van der Waals surface area (Å²) in [6.07, 6.45) is -0.139. The molecule has 0 N–H and O–H groups in total. The molecule has 1 unspecified atom stereocenters. The van der Waals surface area contributed by atoms with Crippen LogP contribution in [0.15, 0.2) is 28.4 Å². The van der Waals surface area contributed by atoms with Gasteiger partial charge in [-0.2, -0.15) is 4.68 Å². The predicted octanol–water partition coefficient (Wildman–Crippen LogP) is 1.69. The van der Waals surface area contributed by atoms with E-state index in [2.05, 4.69) is 41.7 Å². The van der Waals surface area contributed by atoms with Gasteiger partial charge < -0.3 is 0 Å². The zero-order chi connectivity index (χ0) is 11.3. The minimum atomic E-state index is -0.139. The number of benzene rings is 1. The van der Waals surface area contributed by atoms with Crippen LogP contribution in [0.4, 0.5) is 5.69 Å². The smallest absolute Gasteiger partial charge is 0.289 e. The summed E-state index contributed by atoms with van der Waals surface area (Å²) in [5.74, 6) is 0. The van der Waals surface area contributed by atoms with Gasteiger partial charge in [-0.3, -0.25) is 4.48 Å². The zero-order valence-electron chi connectivity index (χ0n) is 9.49. The molecule has 0 saturated carbocycles. The first-order valence-corrected chi connectivity index (χ1v) is 5.13. The molecule has 0 radical (unpaired) electrons. The Kier molecular flexibility index (Phi) is 1.68. The number of quaternary nitrogens is 1. The van der Waals surface area contributed by atoms with E-state index in [1.807, 2.05) is 22.9 Å². The quantitative estimate of drug-likeness (QED) is 0.682. The Morgan fingerprint density at radius 2 is 2.06 bits per heavy atom. The maximum atomic E-state index is 4.30. The molecule has 1 aliphatic rings. The van der Waals surface area contributed by atoms with E-state index in [1.54, 1.807) is 0 Å². The Morgan fingerprint density at radius 3 is 2.81 bits per heavy atom. The molecule has 6 heteroatoms. The molecule has 0 bridgehead atoms. The van der Waals surface area contributed by atoms with Crippen LogP contribution < -0.4 is 0 Å². The summed E-state index contributed by atoms with van der Waals surface area (Å²) < 4.78 is 2.48. The first-order valence-electron chi connectivity index (χ1n) is 5.13. The highest BCUT2D eigenvalue weighted by atomic mass is 15.6. The van der Waals surface area contributed by atoms with Gasteiger partial charge in [-0.15, -0.1) is 15.3 Å². The van der Waals surface area contributed by atoms with Gasteiger partial charge >= 0.3 is 6.29 Å². The summed E-state index contributed by atoms with van der Waals surface area (Å²) in [5.41, 5.74) is 2.68. The van der Waals surface area contributed by atoms with Crippen molar-refractivity contribution >= 4 is 16.7 Å². The van der Waals surface area contributed by atoms with Crippen molar-refractivity contribution in [3.05, 3.63) is 18.2 Å². The van der Waals surface area contributed by atoms with Gasteiger partial charge in [0, 0.05) is 0 Å². The van der Waals surface area contributed by atoms with E-state index in [4.69, 9.17) is 0 Å². The Morgan fingerprint density at radius 1 is 1.25 bits per heavy atom. The average molecular weight is 217 g/mol. The fraction of sp³-hybridized carbons (Fsp3) is 0.400. The van der Waals surface area contributed by atoms with Gasteiger partial charge in [-0.1, -0.05) is 11.3 Å². The van der Waals surface area contributed by atoms with Crippen LogP contribution in [0.25, 0.3) is 11.0 Å². The fourth-order valence-electron chi connectivity index (χ4n) is 1.86. The second kappa shape index (κ2) is 2.85. The van der Waals surface area contributed by atoms with E-state index in [-0.39, 0.29) is 6.29 Å². The summed E-state index contributed by atoms with van der Waals surface area (Å²) in [6, 6.07) is 5.79. The fourth-order valence-corrected chi connectivity index (χ4v) is 1.86. The molecule has 2 heterocycles. The molecule has 0 spiro atoms. The lowest BCUT2D eigenvalue weighted by Gasteiger charge is -2.31. The maximum Gasteiger partial charge on any atom is 0.302 e. The van der Waals surface area contributed by atoms with Crippen molar-refractivity contribution in [3.63, 3.8) is 0 Å². The van der Waals surface area contributed by atoms with Crippen LogP contribution in [0.3, 0.4) is 0 Å². The Hall–Kier alpha value is -1.82. The molecule has 1 aliphatic heterocycles. The van der Waals surface area contributed by atoms with E-state index in [9.17, 15) is 0 Å². The lowest BCUT2D eigenvalue weighted by Crippen LogP contribution is -2.41. The third-order valence-corrected chi connectivity index (χ3v) is 2.65. The molecule has 1 atom stereocenters. The van der Waals surface area contributed by atoms with Crippen molar-refractivity contribution in [1.82, 2.24) is 15.0 Å². The average Bonchev–Trinajstić information content (AvgIpc) is 2.63. The monoisotopic (exact) mass is 217 g/mol. The van der Waals surface area contributed by atoms with Gasteiger partial charge in [-0.05, 0) is 12.1 Å². The molecule has 0 amide bonds. The molecule has 0 aliphatic carbocycles. The maximum absolute atomic E-state index is 4.30. The molecule has 0 fully saturated rings. The minimum Gasteiger partial charge on any atom is -0.289 e. The second-order valence-electron chi connectivity index (χ2n) is 4.86. The van der Waals surface area contributed by atoms with Crippen molar-refractivity contribution in [1.29, 1.82) is 0 Å².